The van der Waals surface area contributed by atoms with E-state index in [1.54, 1.807) is 0 Å². The molecule has 0 bridgehead atoms. The third-order valence-corrected chi connectivity index (χ3v) is 4.29. The maximum absolute atomic E-state index is 2.38. The lowest BCUT2D eigenvalue weighted by molar-refractivity contribution is 0.483. The van der Waals surface area contributed by atoms with Gasteiger partial charge < -0.3 is 0 Å². The predicted octanol–water partition coefficient (Wildman–Crippen LogP) is 4.57. The van der Waals surface area contributed by atoms with Crippen LogP contribution in [0, 0.1) is 5.92 Å². The summed E-state index contributed by atoms with van der Waals surface area (Å²) in [5.41, 5.74) is 4.52. The highest BCUT2D eigenvalue weighted by atomic mass is 14.4. The second-order valence-electron chi connectivity index (χ2n) is 5.17. The molecule has 3 rings (SSSR count). The van der Waals surface area contributed by atoms with Crippen molar-refractivity contribution in [2.75, 3.05) is 0 Å². The minimum Gasteiger partial charge on any atom is -0.0622 e. The molecular formula is C17H18. The maximum Gasteiger partial charge on any atom is 0.0123 e. The van der Waals surface area contributed by atoms with Crippen LogP contribution >= 0.6 is 0 Å². The predicted molar refractivity (Wildman–Crippen MR) is 72.3 cm³/mol. The van der Waals surface area contributed by atoms with Crippen LogP contribution in [0.3, 0.4) is 0 Å². The van der Waals surface area contributed by atoms with Gasteiger partial charge in [-0.05, 0) is 28.5 Å². The maximum atomic E-state index is 2.38. The van der Waals surface area contributed by atoms with Crippen molar-refractivity contribution < 1.29 is 0 Å². The molecule has 2 aromatic carbocycles. The van der Waals surface area contributed by atoms with Crippen LogP contribution in [0.4, 0.5) is 0 Å². The van der Waals surface area contributed by atoms with E-state index >= 15 is 0 Å². The van der Waals surface area contributed by atoms with Gasteiger partial charge in [-0.25, -0.2) is 0 Å². The summed E-state index contributed by atoms with van der Waals surface area (Å²) in [6, 6.07) is 19.8. The first-order valence-electron chi connectivity index (χ1n) is 6.43. The molecule has 1 aliphatic carbocycles. The molecule has 0 radical (unpaired) electrons. The molecule has 3 unspecified atom stereocenters. The largest absolute Gasteiger partial charge is 0.0622 e. The first-order valence-corrected chi connectivity index (χ1v) is 6.43. The van der Waals surface area contributed by atoms with Crippen LogP contribution in [-0.4, -0.2) is 0 Å². The molecule has 0 saturated carbocycles. The van der Waals surface area contributed by atoms with Gasteiger partial charge in [-0.1, -0.05) is 68.4 Å². The quantitative estimate of drug-likeness (QED) is 0.663. The molecule has 0 spiro atoms. The van der Waals surface area contributed by atoms with Crippen LogP contribution in [0.5, 0.6) is 0 Å². The first-order chi connectivity index (χ1) is 8.29. The summed E-state index contributed by atoms with van der Waals surface area (Å²) in [7, 11) is 0. The number of benzene rings is 2. The van der Waals surface area contributed by atoms with Gasteiger partial charge in [0.15, 0.2) is 0 Å². The summed E-state index contributed by atoms with van der Waals surface area (Å²) in [5.74, 6) is 1.92. The molecule has 1 aliphatic rings. The summed E-state index contributed by atoms with van der Waals surface area (Å²) in [6.45, 7) is 4.73. The van der Waals surface area contributed by atoms with Gasteiger partial charge in [-0.2, -0.15) is 0 Å². The van der Waals surface area contributed by atoms with Crippen molar-refractivity contribution in [1.82, 2.24) is 0 Å². The van der Waals surface area contributed by atoms with E-state index < -0.39 is 0 Å². The van der Waals surface area contributed by atoms with E-state index in [1.165, 1.54) is 16.7 Å². The molecule has 0 aromatic heterocycles. The van der Waals surface area contributed by atoms with Crippen molar-refractivity contribution in [3.63, 3.8) is 0 Å². The summed E-state index contributed by atoms with van der Waals surface area (Å²) in [5, 5.41) is 0. The molecule has 0 N–H and O–H groups in total. The van der Waals surface area contributed by atoms with Crippen molar-refractivity contribution in [3.05, 3.63) is 71.3 Å². The van der Waals surface area contributed by atoms with Gasteiger partial charge in [-0.3, -0.25) is 0 Å². The van der Waals surface area contributed by atoms with Crippen molar-refractivity contribution in [1.29, 1.82) is 0 Å². The molecule has 17 heavy (non-hydrogen) atoms. The van der Waals surface area contributed by atoms with E-state index in [-0.39, 0.29) is 0 Å². The Kier molecular flexibility index (Phi) is 2.51. The van der Waals surface area contributed by atoms with Gasteiger partial charge >= 0.3 is 0 Å². The van der Waals surface area contributed by atoms with Crippen LogP contribution < -0.4 is 0 Å². The topological polar surface area (TPSA) is 0 Å². The number of rotatable bonds is 1. The molecule has 0 fully saturated rings. The second kappa shape index (κ2) is 4.03. The SMILES string of the molecule is CC1c2ccccc2C(c2ccccc2)C1C. The van der Waals surface area contributed by atoms with Gasteiger partial charge in [0.2, 0.25) is 0 Å². The Morgan fingerprint density at radius 3 is 2.00 bits per heavy atom. The monoisotopic (exact) mass is 222 g/mol. The molecular weight excluding hydrogens is 204 g/mol. The Hall–Kier alpha value is -1.56. The molecule has 0 heteroatoms. The minimum atomic E-state index is 0.572. The average Bonchev–Trinajstić information content (AvgIpc) is 2.64. The van der Waals surface area contributed by atoms with Crippen LogP contribution in [0.1, 0.15) is 42.4 Å². The summed E-state index contributed by atoms with van der Waals surface area (Å²) >= 11 is 0. The van der Waals surface area contributed by atoms with E-state index in [0.717, 1.165) is 0 Å². The fraction of sp³-hybridized carbons (Fsp3) is 0.294. The zero-order valence-electron chi connectivity index (χ0n) is 10.4. The molecule has 3 atom stereocenters. The number of hydrogen-bond donors (Lipinski definition) is 0. The fourth-order valence-corrected chi connectivity index (χ4v) is 3.21. The van der Waals surface area contributed by atoms with Gasteiger partial charge in [0, 0.05) is 5.92 Å². The fourth-order valence-electron chi connectivity index (χ4n) is 3.21. The van der Waals surface area contributed by atoms with E-state index in [2.05, 4.69) is 68.4 Å². The van der Waals surface area contributed by atoms with Crippen LogP contribution in [-0.2, 0) is 0 Å². The van der Waals surface area contributed by atoms with Crippen molar-refractivity contribution >= 4 is 0 Å². The lowest BCUT2D eigenvalue weighted by Crippen LogP contribution is -2.07. The summed E-state index contributed by atoms with van der Waals surface area (Å²) in [6.07, 6.45) is 0. The first kappa shape index (κ1) is 10.6. The van der Waals surface area contributed by atoms with Gasteiger partial charge in [-0.15, -0.1) is 0 Å². The molecule has 0 aliphatic heterocycles. The Bertz CT molecular complexity index is 513. The van der Waals surface area contributed by atoms with Crippen molar-refractivity contribution in [2.45, 2.75) is 25.7 Å². The van der Waals surface area contributed by atoms with Crippen molar-refractivity contribution in [2.24, 2.45) is 5.92 Å². The highest BCUT2D eigenvalue weighted by molar-refractivity contribution is 5.45. The van der Waals surface area contributed by atoms with Crippen LogP contribution in [0.25, 0.3) is 0 Å². The van der Waals surface area contributed by atoms with Gasteiger partial charge in [0.1, 0.15) is 0 Å². The Morgan fingerprint density at radius 2 is 1.29 bits per heavy atom. The third-order valence-electron chi connectivity index (χ3n) is 4.29. The molecule has 2 aromatic rings. The Morgan fingerprint density at radius 1 is 0.706 bits per heavy atom. The molecule has 0 saturated heterocycles. The lowest BCUT2D eigenvalue weighted by atomic mass is 9.84. The molecule has 86 valence electrons. The highest BCUT2D eigenvalue weighted by Gasteiger charge is 2.35. The highest BCUT2D eigenvalue weighted by Crippen LogP contribution is 2.48. The normalized spacial score (nSPS) is 26.8. The third kappa shape index (κ3) is 1.59. The number of fused-ring (bicyclic) bond motifs is 1. The lowest BCUT2D eigenvalue weighted by Gasteiger charge is -2.19. The number of hydrogen-bond acceptors (Lipinski definition) is 0. The average molecular weight is 222 g/mol. The molecule has 0 amide bonds. The van der Waals surface area contributed by atoms with Crippen molar-refractivity contribution in [3.8, 4) is 0 Å². The minimum absolute atomic E-state index is 0.572. The molecule has 0 nitrogen and oxygen atoms in total. The molecule has 0 heterocycles. The van der Waals surface area contributed by atoms with Crippen LogP contribution in [0.2, 0.25) is 0 Å². The van der Waals surface area contributed by atoms with Gasteiger partial charge in [0.05, 0.1) is 0 Å². The smallest absolute Gasteiger partial charge is 0.0123 e. The summed E-state index contributed by atoms with van der Waals surface area (Å²) < 4.78 is 0. The van der Waals surface area contributed by atoms with Gasteiger partial charge in [0.25, 0.3) is 0 Å². The van der Waals surface area contributed by atoms with E-state index in [9.17, 15) is 0 Å². The zero-order valence-corrected chi connectivity index (χ0v) is 10.4. The summed E-state index contributed by atoms with van der Waals surface area (Å²) in [4.78, 5) is 0. The Labute approximate surface area is 103 Å². The van der Waals surface area contributed by atoms with E-state index in [1.807, 2.05) is 0 Å². The second-order valence-corrected chi connectivity index (χ2v) is 5.17. The van der Waals surface area contributed by atoms with E-state index in [4.69, 9.17) is 0 Å². The van der Waals surface area contributed by atoms with E-state index in [0.29, 0.717) is 17.8 Å². The standard InChI is InChI=1S/C17H18/c1-12-13(2)17(14-8-4-3-5-9-14)16-11-7-6-10-15(12)16/h3-13,17H,1-2H3. The zero-order chi connectivity index (χ0) is 11.8. The Balaban J connectivity index is 2.13. The van der Waals surface area contributed by atoms with Crippen LogP contribution in [0.15, 0.2) is 54.6 Å².